The lowest BCUT2D eigenvalue weighted by atomic mass is 9.99. The maximum atomic E-state index is 6.29. The van der Waals surface area contributed by atoms with Crippen LogP contribution in [0, 0.1) is 0 Å². The first-order valence-electron chi connectivity index (χ1n) is 6.33. The van der Waals surface area contributed by atoms with Gasteiger partial charge in [-0.15, -0.1) is 12.4 Å². The van der Waals surface area contributed by atoms with Crippen molar-refractivity contribution in [3.8, 4) is 16.9 Å². The van der Waals surface area contributed by atoms with Crippen molar-refractivity contribution in [1.29, 1.82) is 0 Å². The number of benzene rings is 2. The quantitative estimate of drug-likeness (QED) is 0.849. The Morgan fingerprint density at radius 1 is 1.05 bits per heavy atom. The SMILES string of the molecule is Cl.NC[C@H]1C=Cc2cccc(-c3c(Cl)cccc3Cl)c2O1. The van der Waals surface area contributed by atoms with Gasteiger partial charge in [0.05, 0.1) is 10.0 Å². The van der Waals surface area contributed by atoms with Crippen LogP contribution in [0.2, 0.25) is 10.0 Å². The van der Waals surface area contributed by atoms with Crippen molar-refractivity contribution < 1.29 is 4.74 Å². The molecule has 1 heterocycles. The third-order valence-corrected chi connectivity index (χ3v) is 3.90. The summed E-state index contributed by atoms with van der Waals surface area (Å²) in [6.07, 6.45) is 3.86. The number of hydrogen-bond donors (Lipinski definition) is 1. The van der Waals surface area contributed by atoms with E-state index in [0.29, 0.717) is 16.6 Å². The lowest BCUT2D eigenvalue weighted by molar-refractivity contribution is 0.255. The average molecular weight is 343 g/mol. The molecule has 1 aliphatic rings. The minimum Gasteiger partial charge on any atom is -0.484 e. The number of hydrogen-bond acceptors (Lipinski definition) is 2. The Balaban J connectivity index is 0.00000161. The van der Waals surface area contributed by atoms with Gasteiger partial charge in [-0.1, -0.05) is 53.5 Å². The van der Waals surface area contributed by atoms with E-state index < -0.39 is 0 Å². The zero-order valence-corrected chi connectivity index (χ0v) is 13.4. The number of nitrogens with two attached hydrogens (primary N) is 1. The highest BCUT2D eigenvalue weighted by molar-refractivity contribution is 6.39. The fourth-order valence-corrected chi connectivity index (χ4v) is 2.90. The third kappa shape index (κ3) is 3.04. The Morgan fingerprint density at radius 3 is 2.38 bits per heavy atom. The average Bonchev–Trinajstić information content (AvgIpc) is 2.47. The Labute approximate surface area is 139 Å². The third-order valence-electron chi connectivity index (χ3n) is 3.27. The van der Waals surface area contributed by atoms with Gasteiger partial charge in [-0.3, -0.25) is 0 Å². The molecule has 2 N–H and O–H groups in total. The molecular formula is C16H14Cl3NO. The van der Waals surface area contributed by atoms with Crippen molar-refractivity contribution in [3.63, 3.8) is 0 Å². The van der Waals surface area contributed by atoms with Crippen LogP contribution in [0.1, 0.15) is 5.56 Å². The van der Waals surface area contributed by atoms with Crippen molar-refractivity contribution in [1.82, 2.24) is 0 Å². The van der Waals surface area contributed by atoms with Crippen LogP contribution in [-0.4, -0.2) is 12.6 Å². The van der Waals surface area contributed by atoms with Crippen molar-refractivity contribution in [2.45, 2.75) is 6.10 Å². The monoisotopic (exact) mass is 341 g/mol. The summed E-state index contributed by atoms with van der Waals surface area (Å²) in [5, 5.41) is 1.21. The van der Waals surface area contributed by atoms with Gasteiger partial charge in [0.25, 0.3) is 0 Å². The van der Waals surface area contributed by atoms with E-state index in [1.807, 2.05) is 48.6 Å². The Morgan fingerprint density at radius 2 is 1.71 bits per heavy atom. The van der Waals surface area contributed by atoms with Crippen LogP contribution in [0.4, 0.5) is 0 Å². The van der Waals surface area contributed by atoms with Gasteiger partial charge in [-0.2, -0.15) is 0 Å². The van der Waals surface area contributed by atoms with E-state index in [1.54, 1.807) is 0 Å². The van der Waals surface area contributed by atoms with Gasteiger partial charge in [0.15, 0.2) is 0 Å². The molecule has 0 amide bonds. The predicted molar refractivity (Wildman–Crippen MR) is 91.7 cm³/mol. The van der Waals surface area contributed by atoms with Gasteiger partial charge < -0.3 is 10.5 Å². The van der Waals surface area contributed by atoms with Crippen molar-refractivity contribution in [3.05, 3.63) is 58.1 Å². The molecule has 0 saturated heterocycles. The summed E-state index contributed by atoms with van der Waals surface area (Å²) < 4.78 is 5.95. The van der Waals surface area contributed by atoms with Crippen molar-refractivity contribution >= 4 is 41.7 Å². The molecule has 110 valence electrons. The minimum atomic E-state index is -0.120. The van der Waals surface area contributed by atoms with Crippen LogP contribution < -0.4 is 10.5 Å². The van der Waals surface area contributed by atoms with Gasteiger partial charge in [0.1, 0.15) is 11.9 Å². The number of para-hydroxylation sites is 1. The molecule has 0 radical (unpaired) electrons. The number of ether oxygens (including phenoxy) is 1. The normalized spacial score (nSPS) is 15.9. The molecule has 0 spiro atoms. The Hall–Kier alpha value is -1.19. The summed E-state index contributed by atoms with van der Waals surface area (Å²) in [7, 11) is 0. The van der Waals surface area contributed by atoms with Crippen LogP contribution >= 0.6 is 35.6 Å². The first-order valence-corrected chi connectivity index (χ1v) is 7.08. The van der Waals surface area contributed by atoms with E-state index in [9.17, 15) is 0 Å². The smallest absolute Gasteiger partial charge is 0.135 e. The molecule has 0 unspecified atom stereocenters. The number of halogens is 3. The zero-order chi connectivity index (χ0) is 14.1. The second-order valence-electron chi connectivity index (χ2n) is 4.57. The van der Waals surface area contributed by atoms with E-state index in [1.165, 1.54) is 0 Å². The van der Waals surface area contributed by atoms with Gasteiger partial charge in [0, 0.05) is 23.2 Å². The molecule has 0 saturated carbocycles. The fourth-order valence-electron chi connectivity index (χ4n) is 2.30. The molecule has 1 atom stereocenters. The Bertz CT molecular complexity index is 665. The topological polar surface area (TPSA) is 35.2 Å². The van der Waals surface area contributed by atoms with Crippen LogP contribution in [0.5, 0.6) is 5.75 Å². The van der Waals surface area contributed by atoms with Crippen LogP contribution in [0.15, 0.2) is 42.5 Å². The zero-order valence-electron chi connectivity index (χ0n) is 11.1. The molecule has 21 heavy (non-hydrogen) atoms. The molecule has 2 aromatic carbocycles. The molecule has 3 rings (SSSR count). The molecule has 0 aliphatic carbocycles. The predicted octanol–water partition coefficient (Wildman–Crippen LogP) is 4.82. The lowest BCUT2D eigenvalue weighted by Gasteiger charge is -2.23. The highest BCUT2D eigenvalue weighted by Crippen LogP contribution is 2.42. The molecule has 0 bridgehead atoms. The summed E-state index contributed by atoms with van der Waals surface area (Å²) in [4.78, 5) is 0. The number of fused-ring (bicyclic) bond motifs is 1. The minimum absolute atomic E-state index is 0. The van der Waals surface area contributed by atoms with E-state index in [0.717, 1.165) is 22.4 Å². The maximum absolute atomic E-state index is 6.29. The van der Waals surface area contributed by atoms with E-state index in [-0.39, 0.29) is 18.5 Å². The highest BCUT2D eigenvalue weighted by atomic mass is 35.5. The van der Waals surface area contributed by atoms with Gasteiger partial charge >= 0.3 is 0 Å². The summed E-state index contributed by atoms with van der Waals surface area (Å²) in [6, 6.07) is 11.4. The van der Waals surface area contributed by atoms with Gasteiger partial charge in [0.2, 0.25) is 0 Å². The van der Waals surface area contributed by atoms with Crippen LogP contribution in [-0.2, 0) is 0 Å². The highest BCUT2D eigenvalue weighted by Gasteiger charge is 2.20. The van der Waals surface area contributed by atoms with E-state index in [2.05, 4.69) is 0 Å². The second-order valence-corrected chi connectivity index (χ2v) is 5.39. The molecule has 5 heteroatoms. The largest absolute Gasteiger partial charge is 0.484 e. The maximum Gasteiger partial charge on any atom is 0.135 e. The Kier molecular flexibility index (Phi) is 5.17. The van der Waals surface area contributed by atoms with E-state index in [4.69, 9.17) is 33.7 Å². The second kappa shape index (κ2) is 6.71. The first-order chi connectivity index (χ1) is 9.70. The van der Waals surface area contributed by atoms with Gasteiger partial charge in [-0.05, 0) is 18.2 Å². The van der Waals surface area contributed by atoms with Crippen molar-refractivity contribution in [2.24, 2.45) is 5.73 Å². The molecule has 0 aromatic heterocycles. The molecular weight excluding hydrogens is 329 g/mol. The summed E-state index contributed by atoms with van der Waals surface area (Å²) >= 11 is 12.6. The van der Waals surface area contributed by atoms with E-state index >= 15 is 0 Å². The van der Waals surface area contributed by atoms with Crippen molar-refractivity contribution in [2.75, 3.05) is 6.54 Å². The summed E-state index contributed by atoms with van der Waals surface area (Å²) in [6.45, 7) is 0.431. The molecule has 2 nitrogen and oxygen atoms in total. The van der Waals surface area contributed by atoms with Crippen LogP contribution in [0.25, 0.3) is 17.2 Å². The van der Waals surface area contributed by atoms with Gasteiger partial charge in [-0.25, -0.2) is 0 Å². The first kappa shape index (κ1) is 16.2. The molecule has 2 aromatic rings. The summed E-state index contributed by atoms with van der Waals surface area (Å²) in [5.74, 6) is 0.778. The summed E-state index contributed by atoms with van der Waals surface area (Å²) in [5.41, 5.74) is 8.36. The standard InChI is InChI=1S/C16H13Cl2NO.ClH/c17-13-5-2-6-14(18)15(13)12-4-1-3-10-7-8-11(9-19)20-16(10)12;/h1-8,11H,9,19H2;1H/t11-;/m1./s1. The molecule has 1 aliphatic heterocycles. The van der Waals surface area contributed by atoms with Crippen LogP contribution in [0.3, 0.4) is 0 Å². The number of rotatable bonds is 2. The molecule has 0 fully saturated rings. The lowest BCUT2D eigenvalue weighted by Crippen LogP contribution is -2.26. The fraction of sp³-hybridized carbons (Fsp3) is 0.125.